The Balaban J connectivity index is 2.32. The van der Waals surface area contributed by atoms with E-state index in [-0.39, 0.29) is 6.61 Å². The minimum Gasteiger partial charge on any atom is -0.395 e. The highest BCUT2D eigenvalue weighted by atomic mass is 32.2. The zero-order valence-corrected chi connectivity index (χ0v) is 10.9. The fourth-order valence-electron chi connectivity index (χ4n) is 2.22. The molecule has 0 aliphatic carbocycles. The van der Waals surface area contributed by atoms with E-state index in [0.29, 0.717) is 17.3 Å². The van der Waals surface area contributed by atoms with E-state index >= 15 is 0 Å². The van der Waals surface area contributed by atoms with Crippen LogP contribution in [0.25, 0.3) is 0 Å². The predicted molar refractivity (Wildman–Crippen MR) is 67.5 cm³/mol. The molecule has 0 bridgehead atoms. The molecule has 0 radical (unpaired) electrons. The third kappa shape index (κ3) is 4.31. The van der Waals surface area contributed by atoms with E-state index < -0.39 is 0 Å². The maximum atomic E-state index is 9.21. The third-order valence-corrected chi connectivity index (χ3v) is 4.33. The highest BCUT2D eigenvalue weighted by Gasteiger charge is 2.22. The monoisotopic (exact) mass is 232 g/mol. The molecular formula is C11H24N2OS. The second-order valence-corrected chi connectivity index (χ2v) is 5.59. The molecule has 3 unspecified atom stereocenters. The lowest BCUT2D eigenvalue weighted by molar-refractivity contribution is 0.208. The molecule has 3 nitrogen and oxygen atoms in total. The van der Waals surface area contributed by atoms with Crippen LogP contribution in [0.4, 0.5) is 0 Å². The fourth-order valence-corrected chi connectivity index (χ4v) is 2.85. The Bertz CT molecular complexity index is 176. The first-order chi connectivity index (χ1) is 7.17. The van der Waals surface area contributed by atoms with Crippen molar-refractivity contribution in [1.29, 1.82) is 0 Å². The molecule has 0 spiro atoms. The van der Waals surface area contributed by atoms with Gasteiger partial charge in [0.2, 0.25) is 0 Å². The van der Waals surface area contributed by atoms with Crippen LogP contribution in [0.5, 0.6) is 0 Å². The summed E-state index contributed by atoms with van der Waals surface area (Å²) in [4.78, 5) is 2.38. The van der Waals surface area contributed by atoms with Crippen molar-refractivity contribution < 1.29 is 5.11 Å². The largest absolute Gasteiger partial charge is 0.395 e. The topological polar surface area (TPSA) is 35.5 Å². The number of nitrogens with one attached hydrogen (secondary N) is 1. The van der Waals surface area contributed by atoms with Gasteiger partial charge in [-0.05, 0) is 39.6 Å². The Kier molecular flexibility index (Phi) is 5.97. The van der Waals surface area contributed by atoms with E-state index in [0.717, 1.165) is 6.54 Å². The molecule has 1 heterocycles. The van der Waals surface area contributed by atoms with Gasteiger partial charge >= 0.3 is 0 Å². The molecule has 1 aliphatic heterocycles. The number of rotatable bonds is 5. The molecule has 15 heavy (non-hydrogen) atoms. The Labute approximate surface area is 97.6 Å². The minimum absolute atomic E-state index is 0.262. The molecule has 1 saturated heterocycles. The number of hydrogen-bond acceptors (Lipinski definition) is 4. The van der Waals surface area contributed by atoms with Crippen molar-refractivity contribution >= 4 is 11.8 Å². The van der Waals surface area contributed by atoms with Crippen molar-refractivity contribution in [2.24, 2.45) is 0 Å². The molecule has 1 rings (SSSR count). The molecule has 0 aromatic heterocycles. The van der Waals surface area contributed by atoms with Crippen molar-refractivity contribution in [2.45, 2.75) is 37.1 Å². The van der Waals surface area contributed by atoms with Crippen LogP contribution in [0.15, 0.2) is 0 Å². The lowest BCUT2D eigenvalue weighted by atomic mass is 10.0. The van der Waals surface area contributed by atoms with Crippen molar-refractivity contribution in [3.63, 3.8) is 0 Å². The van der Waals surface area contributed by atoms with E-state index in [1.165, 1.54) is 19.4 Å². The van der Waals surface area contributed by atoms with Crippen LogP contribution in [0, 0.1) is 0 Å². The van der Waals surface area contributed by atoms with Crippen LogP contribution in [0.2, 0.25) is 0 Å². The molecule has 4 heteroatoms. The highest BCUT2D eigenvalue weighted by molar-refractivity contribution is 7.99. The Morgan fingerprint density at radius 3 is 2.87 bits per heavy atom. The normalized spacial score (nSPS) is 27.6. The van der Waals surface area contributed by atoms with Crippen LogP contribution in [-0.2, 0) is 0 Å². The van der Waals surface area contributed by atoms with Gasteiger partial charge in [-0.15, -0.1) is 0 Å². The van der Waals surface area contributed by atoms with E-state index in [4.69, 9.17) is 0 Å². The quantitative estimate of drug-likeness (QED) is 0.734. The lowest BCUT2D eigenvalue weighted by Crippen LogP contribution is -2.50. The molecule has 0 saturated carbocycles. The second kappa shape index (κ2) is 6.74. The molecule has 90 valence electrons. The standard InChI is InChI=1S/C11H24N2OS/c1-9(11(8-14)15-3)12-10-5-4-6-13(2)7-10/h9-12,14H,4-8H2,1-3H3. The molecule has 0 amide bonds. The van der Waals surface area contributed by atoms with Gasteiger partial charge in [0.25, 0.3) is 0 Å². The van der Waals surface area contributed by atoms with Gasteiger partial charge < -0.3 is 15.3 Å². The van der Waals surface area contributed by atoms with Crippen LogP contribution < -0.4 is 5.32 Å². The van der Waals surface area contributed by atoms with Gasteiger partial charge in [-0.25, -0.2) is 0 Å². The molecule has 0 aromatic carbocycles. The molecule has 2 N–H and O–H groups in total. The summed E-state index contributed by atoms with van der Waals surface area (Å²) in [5.41, 5.74) is 0. The number of aliphatic hydroxyl groups is 1. The number of piperidine rings is 1. The van der Waals surface area contributed by atoms with Crippen LogP contribution in [-0.4, -0.2) is 60.3 Å². The smallest absolute Gasteiger partial charge is 0.0564 e. The molecule has 0 aromatic rings. The fraction of sp³-hybridized carbons (Fsp3) is 1.00. The van der Waals surface area contributed by atoms with Gasteiger partial charge in [0.1, 0.15) is 0 Å². The van der Waals surface area contributed by atoms with Gasteiger partial charge in [0.05, 0.1) is 6.61 Å². The molecule has 1 aliphatic rings. The first-order valence-corrected chi connectivity index (χ1v) is 7.04. The average Bonchev–Trinajstić information content (AvgIpc) is 2.19. The van der Waals surface area contributed by atoms with Crippen molar-refractivity contribution in [1.82, 2.24) is 10.2 Å². The number of likely N-dealkylation sites (tertiary alicyclic amines) is 1. The zero-order valence-electron chi connectivity index (χ0n) is 10.1. The van der Waals surface area contributed by atoms with Gasteiger partial charge in [0.15, 0.2) is 0 Å². The summed E-state index contributed by atoms with van der Waals surface area (Å²) in [7, 11) is 2.18. The van der Waals surface area contributed by atoms with Gasteiger partial charge in [0, 0.05) is 23.9 Å². The van der Waals surface area contributed by atoms with E-state index in [1.54, 1.807) is 11.8 Å². The summed E-state index contributed by atoms with van der Waals surface area (Å²) >= 11 is 1.74. The first kappa shape index (κ1) is 13.3. The number of likely N-dealkylation sites (N-methyl/N-ethyl adjacent to an activating group) is 1. The maximum absolute atomic E-state index is 9.21. The minimum atomic E-state index is 0.262. The Morgan fingerprint density at radius 2 is 2.33 bits per heavy atom. The summed E-state index contributed by atoms with van der Waals surface area (Å²) in [5, 5.41) is 13.2. The third-order valence-electron chi connectivity index (χ3n) is 3.16. The summed E-state index contributed by atoms with van der Waals surface area (Å²) in [6.07, 6.45) is 4.61. The van der Waals surface area contributed by atoms with Gasteiger partial charge in [-0.2, -0.15) is 11.8 Å². The second-order valence-electron chi connectivity index (χ2n) is 4.51. The zero-order chi connectivity index (χ0) is 11.3. The summed E-state index contributed by atoms with van der Waals surface area (Å²) in [6, 6.07) is 0.987. The Morgan fingerprint density at radius 1 is 1.60 bits per heavy atom. The van der Waals surface area contributed by atoms with E-state index in [1.807, 2.05) is 0 Å². The van der Waals surface area contributed by atoms with Crippen molar-refractivity contribution in [3.05, 3.63) is 0 Å². The summed E-state index contributed by atoms with van der Waals surface area (Å²) in [6.45, 7) is 4.79. The van der Waals surface area contributed by atoms with E-state index in [9.17, 15) is 5.11 Å². The van der Waals surface area contributed by atoms with Crippen LogP contribution in [0.3, 0.4) is 0 Å². The van der Waals surface area contributed by atoms with Crippen molar-refractivity contribution in [2.75, 3.05) is 33.0 Å². The van der Waals surface area contributed by atoms with Crippen molar-refractivity contribution in [3.8, 4) is 0 Å². The SMILES string of the molecule is CSC(CO)C(C)NC1CCCN(C)C1. The Hall–Kier alpha value is 0.230. The molecular weight excluding hydrogens is 208 g/mol. The number of thioether (sulfide) groups is 1. The maximum Gasteiger partial charge on any atom is 0.0564 e. The number of aliphatic hydroxyl groups excluding tert-OH is 1. The molecule has 1 fully saturated rings. The highest BCUT2D eigenvalue weighted by Crippen LogP contribution is 2.14. The van der Waals surface area contributed by atoms with Gasteiger partial charge in [-0.1, -0.05) is 0 Å². The first-order valence-electron chi connectivity index (χ1n) is 5.75. The van der Waals surface area contributed by atoms with Gasteiger partial charge in [-0.3, -0.25) is 0 Å². The number of hydrogen-bond donors (Lipinski definition) is 2. The predicted octanol–water partition coefficient (Wildman–Crippen LogP) is 0.783. The number of nitrogens with zero attached hydrogens (tertiary/aromatic N) is 1. The summed E-state index contributed by atoms with van der Waals surface area (Å²) < 4.78 is 0. The van der Waals surface area contributed by atoms with Crippen LogP contribution in [0.1, 0.15) is 19.8 Å². The molecule has 3 atom stereocenters. The summed E-state index contributed by atoms with van der Waals surface area (Å²) in [5.74, 6) is 0. The van der Waals surface area contributed by atoms with Crippen LogP contribution >= 0.6 is 11.8 Å². The lowest BCUT2D eigenvalue weighted by Gasteiger charge is -2.34. The average molecular weight is 232 g/mol. The van der Waals surface area contributed by atoms with E-state index in [2.05, 4.69) is 30.4 Å².